The molecule has 0 aliphatic rings. The van der Waals surface area contributed by atoms with Crippen molar-refractivity contribution in [3.05, 3.63) is 45.3 Å². The lowest BCUT2D eigenvalue weighted by Crippen LogP contribution is -2.23. The molecule has 0 unspecified atom stereocenters. The number of ether oxygens (including phenoxy) is 2. The maximum absolute atomic E-state index is 13.5. The van der Waals surface area contributed by atoms with E-state index < -0.39 is 23.3 Å². The van der Waals surface area contributed by atoms with Gasteiger partial charge in [0.25, 0.3) is 0 Å². The van der Waals surface area contributed by atoms with Gasteiger partial charge in [0.15, 0.2) is 10.7 Å². The van der Waals surface area contributed by atoms with Crippen LogP contribution in [0, 0.1) is 6.92 Å². The molecule has 0 amide bonds. The van der Waals surface area contributed by atoms with Gasteiger partial charge in [0.1, 0.15) is 13.7 Å². The van der Waals surface area contributed by atoms with Gasteiger partial charge in [-0.15, -0.1) is 11.3 Å². The van der Waals surface area contributed by atoms with E-state index in [0.29, 0.717) is 22.5 Å². The van der Waals surface area contributed by atoms with E-state index in [1.54, 1.807) is 24.3 Å². The summed E-state index contributed by atoms with van der Waals surface area (Å²) in [4.78, 5) is 20.3. The number of carbonyl (C=O) groups is 1. The number of thiazole rings is 1. The molecule has 0 N–H and O–H groups in total. The first-order chi connectivity index (χ1) is 13.2. The van der Waals surface area contributed by atoms with Crippen LogP contribution in [0.15, 0.2) is 29.4 Å². The number of oxime groups is 1. The van der Waals surface area contributed by atoms with E-state index >= 15 is 0 Å². The highest BCUT2D eigenvalue weighted by molar-refractivity contribution is 7.12. The van der Waals surface area contributed by atoms with Crippen LogP contribution < -0.4 is 4.74 Å². The number of nitrogens with zero attached hydrogens (tertiary/aromatic N) is 2. The van der Waals surface area contributed by atoms with E-state index in [0.717, 1.165) is 0 Å². The van der Waals surface area contributed by atoms with E-state index in [9.17, 15) is 22.4 Å². The molecule has 0 aliphatic heterocycles. The van der Waals surface area contributed by atoms with Crippen LogP contribution in [0.25, 0.3) is 0 Å². The Labute approximate surface area is 161 Å². The summed E-state index contributed by atoms with van der Waals surface area (Å²) in [5, 5.41) is 2.62. The molecule has 0 bridgehead atoms. The van der Waals surface area contributed by atoms with E-state index in [4.69, 9.17) is 4.74 Å². The number of aryl methyl sites for hydroxylation is 1. The van der Waals surface area contributed by atoms with Gasteiger partial charge in [0.05, 0.1) is 12.0 Å². The van der Waals surface area contributed by atoms with Crippen LogP contribution >= 0.6 is 11.3 Å². The smallest absolute Gasteiger partial charge is 0.360 e. The van der Waals surface area contributed by atoms with Crippen molar-refractivity contribution in [2.75, 3.05) is 14.2 Å². The summed E-state index contributed by atoms with van der Waals surface area (Å²) in [7, 11) is 2.43. The number of methoxy groups -OCH3 is 1. The third-order valence-corrected chi connectivity index (χ3v) is 4.55. The normalized spacial score (nSPS) is 12.2. The molecule has 2 aromatic rings. The van der Waals surface area contributed by atoms with Gasteiger partial charge in [-0.1, -0.05) is 29.4 Å². The van der Waals surface area contributed by atoms with Gasteiger partial charge in [-0.3, -0.25) is 0 Å². The number of benzene rings is 1. The first-order valence-corrected chi connectivity index (χ1v) is 8.58. The molecule has 0 atom stereocenters. The first kappa shape index (κ1) is 21.6. The van der Waals surface area contributed by atoms with Crippen molar-refractivity contribution in [2.45, 2.75) is 25.9 Å². The summed E-state index contributed by atoms with van der Waals surface area (Å²) in [6.45, 7) is 1.25. The standard InChI is InChI=1S/C17H16F4N2O4S/c1-9-13(22-16(28-9)17(20,21)15(18)19)27-8-10-6-4-5-7-11(10)12(23-26-3)14(24)25-2/h4-7,15H,8H2,1-3H3/b23-12+. The van der Waals surface area contributed by atoms with Gasteiger partial charge in [0, 0.05) is 5.56 Å². The fraction of sp³-hybridized carbons (Fsp3) is 0.353. The van der Waals surface area contributed by atoms with Crippen molar-refractivity contribution in [3.63, 3.8) is 0 Å². The minimum atomic E-state index is -4.36. The van der Waals surface area contributed by atoms with Crippen molar-refractivity contribution in [3.8, 4) is 5.88 Å². The highest BCUT2D eigenvalue weighted by Crippen LogP contribution is 2.39. The summed E-state index contributed by atoms with van der Waals surface area (Å²) in [5.41, 5.74) is 0.671. The van der Waals surface area contributed by atoms with E-state index in [2.05, 4.69) is 19.7 Å². The number of hydrogen-bond donors (Lipinski definition) is 0. The second-order valence-electron chi connectivity index (χ2n) is 5.36. The van der Waals surface area contributed by atoms with Gasteiger partial charge in [-0.05, 0) is 12.5 Å². The van der Waals surface area contributed by atoms with Crippen LogP contribution in [0.5, 0.6) is 5.88 Å². The lowest BCUT2D eigenvalue weighted by Gasteiger charge is -2.12. The molecule has 0 fully saturated rings. The molecule has 0 aliphatic carbocycles. The molecule has 1 heterocycles. The monoisotopic (exact) mass is 420 g/mol. The number of carbonyl (C=O) groups excluding carboxylic acids is 1. The minimum Gasteiger partial charge on any atom is -0.472 e. The molecule has 6 nitrogen and oxygen atoms in total. The lowest BCUT2D eigenvalue weighted by molar-refractivity contribution is -0.135. The van der Waals surface area contributed by atoms with Crippen LogP contribution in [0.4, 0.5) is 17.6 Å². The number of aromatic nitrogens is 1. The Kier molecular flexibility index (Phi) is 6.95. The van der Waals surface area contributed by atoms with Crippen molar-refractivity contribution in [2.24, 2.45) is 5.16 Å². The molecular formula is C17H16F4N2O4S. The van der Waals surface area contributed by atoms with Crippen LogP contribution in [-0.4, -0.2) is 37.3 Å². The zero-order chi connectivity index (χ0) is 20.9. The SMILES string of the molecule is CO/N=C(/C(=O)OC)c1ccccc1COc1nc(C(F)(F)C(F)F)sc1C. The molecule has 28 heavy (non-hydrogen) atoms. The molecule has 0 spiro atoms. The Balaban J connectivity index is 2.29. The molecule has 0 saturated heterocycles. The Bertz CT molecular complexity index is 871. The molecular weight excluding hydrogens is 404 g/mol. The molecule has 0 saturated carbocycles. The number of halogens is 4. The maximum Gasteiger partial charge on any atom is 0.360 e. The molecule has 152 valence electrons. The Morgan fingerprint density at radius 3 is 2.57 bits per heavy atom. The summed E-state index contributed by atoms with van der Waals surface area (Å²) in [6.07, 6.45) is -3.88. The topological polar surface area (TPSA) is 70.0 Å². The molecule has 1 aromatic carbocycles. The third-order valence-electron chi connectivity index (χ3n) is 3.51. The van der Waals surface area contributed by atoms with Gasteiger partial charge in [-0.2, -0.15) is 13.8 Å². The fourth-order valence-corrected chi connectivity index (χ4v) is 3.00. The van der Waals surface area contributed by atoms with Crippen molar-refractivity contribution < 1.29 is 36.7 Å². The van der Waals surface area contributed by atoms with Gasteiger partial charge < -0.3 is 14.3 Å². The first-order valence-electron chi connectivity index (χ1n) is 7.76. The van der Waals surface area contributed by atoms with E-state index in [1.807, 2.05) is 0 Å². The van der Waals surface area contributed by atoms with Crippen LogP contribution in [-0.2, 0) is 26.9 Å². The highest BCUT2D eigenvalue weighted by Gasteiger charge is 2.46. The number of esters is 1. The summed E-state index contributed by atoms with van der Waals surface area (Å²) in [5.74, 6) is -5.31. The second kappa shape index (κ2) is 9.00. The fourth-order valence-electron chi connectivity index (χ4n) is 2.16. The Morgan fingerprint density at radius 2 is 1.96 bits per heavy atom. The van der Waals surface area contributed by atoms with Gasteiger partial charge >= 0.3 is 18.3 Å². The summed E-state index contributed by atoms with van der Waals surface area (Å²) in [6, 6.07) is 6.48. The molecule has 0 radical (unpaired) electrons. The number of hydrogen-bond acceptors (Lipinski definition) is 7. The lowest BCUT2D eigenvalue weighted by atomic mass is 10.0. The number of alkyl halides is 4. The minimum absolute atomic E-state index is 0.121. The van der Waals surface area contributed by atoms with E-state index in [-0.39, 0.29) is 23.1 Å². The van der Waals surface area contributed by atoms with Crippen molar-refractivity contribution >= 4 is 23.0 Å². The van der Waals surface area contributed by atoms with Gasteiger partial charge in [0.2, 0.25) is 5.88 Å². The highest BCUT2D eigenvalue weighted by atomic mass is 32.1. The maximum atomic E-state index is 13.5. The van der Waals surface area contributed by atoms with Crippen LogP contribution in [0.2, 0.25) is 0 Å². The third kappa shape index (κ3) is 4.58. The predicted molar refractivity (Wildman–Crippen MR) is 93.1 cm³/mol. The molecule has 11 heteroatoms. The van der Waals surface area contributed by atoms with Crippen molar-refractivity contribution in [1.82, 2.24) is 4.98 Å². The summed E-state index contributed by atoms with van der Waals surface area (Å²) >= 11 is 0.428. The zero-order valence-corrected chi connectivity index (χ0v) is 15.9. The van der Waals surface area contributed by atoms with Gasteiger partial charge in [-0.25, -0.2) is 13.6 Å². The Hall–Kier alpha value is -2.69. The quantitative estimate of drug-likeness (QED) is 0.280. The van der Waals surface area contributed by atoms with Crippen LogP contribution in [0.3, 0.4) is 0 Å². The average molecular weight is 420 g/mol. The van der Waals surface area contributed by atoms with Crippen LogP contribution in [0.1, 0.15) is 21.0 Å². The van der Waals surface area contributed by atoms with E-state index in [1.165, 1.54) is 21.1 Å². The van der Waals surface area contributed by atoms with Crippen molar-refractivity contribution in [1.29, 1.82) is 0 Å². The summed E-state index contributed by atoms with van der Waals surface area (Å²) < 4.78 is 62.1. The molecule has 2 rings (SSSR count). The Morgan fingerprint density at radius 1 is 1.29 bits per heavy atom. The largest absolute Gasteiger partial charge is 0.472 e. The number of rotatable bonds is 8. The molecule has 1 aromatic heterocycles. The predicted octanol–water partition coefficient (Wildman–Crippen LogP) is 3.91. The average Bonchev–Trinajstić information content (AvgIpc) is 3.05. The zero-order valence-electron chi connectivity index (χ0n) is 15.0. The second-order valence-corrected chi connectivity index (χ2v) is 6.57.